The van der Waals surface area contributed by atoms with E-state index in [1.165, 1.54) is 12.1 Å². The first-order valence-corrected chi connectivity index (χ1v) is 9.63. The standard InChI is InChI=1S/C16H25N3O3S/c1-3-19(4-2)16(20)17-13-9-11-15(12-10-13)23(21,22)18-14-7-5-6-8-14/h9-12,14,18H,3-8H2,1-2H3,(H,17,20). The third-order valence-electron chi connectivity index (χ3n) is 4.14. The summed E-state index contributed by atoms with van der Waals surface area (Å²) in [5, 5.41) is 2.77. The van der Waals surface area contributed by atoms with Crippen molar-refractivity contribution in [3.05, 3.63) is 24.3 Å². The fraction of sp³-hybridized carbons (Fsp3) is 0.562. The minimum absolute atomic E-state index is 0.0436. The molecule has 2 rings (SSSR count). The lowest BCUT2D eigenvalue weighted by Gasteiger charge is -2.19. The van der Waals surface area contributed by atoms with Crippen molar-refractivity contribution in [2.45, 2.75) is 50.5 Å². The fourth-order valence-corrected chi connectivity index (χ4v) is 4.07. The van der Waals surface area contributed by atoms with Gasteiger partial charge in [0.2, 0.25) is 10.0 Å². The quantitative estimate of drug-likeness (QED) is 0.836. The van der Waals surface area contributed by atoms with Crippen molar-refractivity contribution in [3.63, 3.8) is 0 Å². The lowest BCUT2D eigenvalue weighted by Crippen LogP contribution is -2.34. The van der Waals surface area contributed by atoms with Gasteiger partial charge in [0, 0.05) is 24.8 Å². The van der Waals surface area contributed by atoms with Crippen LogP contribution in [0, 0.1) is 0 Å². The van der Waals surface area contributed by atoms with Gasteiger partial charge in [-0.3, -0.25) is 0 Å². The van der Waals surface area contributed by atoms with Crippen molar-refractivity contribution in [1.82, 2.24) is 9.62 Å². The third-order valence-corrected chi connectivity index (χ3v) is 5.68. The Morgan fingerprint density at radius 2 is 1.70 bits per heavy atom. The van der Waals surface area contributed by atoms with E-state index >= 15 is 0 Å². The molecule has 0 heterocycles. The van der Waals surface area contributed by atoms with E-state index in [1.807, 2.05) is 13.8 Å². The number of sulfonamides is 1. The highest BCUT2D eigenvalue weighted by Crippen LogP contribution is 2.21. The zero-order chi connectivity index (χ0) is 16.9. The Hall–Kier alpha value is -1.60. The van der Waals surface area contributed by atoms with E-state index in [2.05, 4.69) is 10.0 Å². The molecule has 1 aliphatic carbocycles. The van der Waals surface area contributed by atoms with Crippen LogP contribution in [0.3, 0.4) is 0 Å². The van der Waals surface area contributed by atoms with Crippen molar-refractivity contribution in [2.24, 2.45) is 0 Å². The van der Waals surface area contributed by atoms with Gasteiger partial charge in [0.15, 0.2) is 0 Å². The van der Waals surface area contributed by atoms with E-state index in [0.29, 0.717) is 18.8 Å². The van der Waals surface area contributed by atoms with Crippen molar-refractivity contribution >= 4 is 21.7 Å². The van der Waals surface area contributed by atoms with Gasteiger partial charge >= 0.3 is 6.03 Å². The molecule has 1 saturated carbocycles. The van der Waals surface area contributed by atoms with E-state index < -0.39 is 10.0 Å². The third kappa shape index (κ3) is 4.68. The summed E-state index contributed by atoms with van der Waals surface area (Å²) in [6.45, 7) is 5.07. The van der Waals surface area contributed by atoms with Gasteiger partial charge in [0.1, 0.15) is 0 Å². The molecular weight excluding hydrogens is 314 g/mol. The van der Waals surface area contributed by atoms with Crippen LogP contribution in [0.15, 0.2) is 29.2 Å². The van der Waals surface area contributed by atoms with E-state index in [4.69, 9.17) is 0 Å². The lowest BCUT2D eigenvalue weighted by molar-refractivity contribution is 0.217. The van der Waals surface area contributed by atoms with Gasteiger partial charge in [-0.15, -0.1) is 0 Å². The molecule has 0 aliphatic heterocycles. The molecule has 1 aliphatic rings. The van der Waals surface area contributed by atoms with Crippen LogP contribution in [-0.4, -0.2) is 38.5 Å². The molecule has 128 valence electrons. The summed E-state index contributed by atoms with van der Waals surface area (Å²) in [5.74, 6) is 0. The number of carbonyl (C=O) groups is 1. The second-order valence-corrected chi connectivity index (χ2v) is 7.44. The fourth-order valence-electron chi connectivity index (χ4n) is 2.76. The Bertz CT molecular complexity index is 618. The average Bonchev–Trinajstić information content (AvgIpc) is 3.01. The number of urea groups is 1. The smallest absolute Gasteiger partial charge is 0.321 e. The largest absolute Gasteiger partial charge is 0.325 e. The summed E-state index contributed by atoms with van der Waals surface area (Å²) in [7, 11) is -3.49. The minimum atomic E-state index is -3.49. The van der Waals surface area contributed by atoms with E-state index in [1.54, 1.807) is 17.0 Å². The van der Waals surface area contributed by atoms with Crippen LogP contribution in [-0.2, 0) is 10.0 Å². The van der Waals surface area contributed by atoms with Crippen LogP contribution in [0.5, 0.6) is 0 Å². The van der Waals surface area contributed by atoms with Gasteiger partial charge in [-0.1, -0.05) is 12.8 Å². The predicted octanol–water partition coefficient (Wildman–Crippen LogP) is 2.78. The molecule has 0 spiro atoms. The Morgan fingerprint density at radius 3 is 2.22 bits per heavy atom. The van der Waals surface area contributed by atoms with Gasteiger partial charge in [0.25, 0.3) is 0 Å². The molecule has 23 heavy (non-hydrogen) atoms. The summed E-state index contributed by atoms with van der Waals surface area (Å²) >= 11 is 0. The highest BCUT2D eigenvalue weighted by atomic mass is 32.2. The molecule has 1 aromatic rings. The number of hydrogen-bond donors (Lipinski definition) is 2. The Morgan fingerprint density at radius 1 is 1.13 bits per heavy atom. The van der Waals surface area contributed by atoms with Crippen LogP contribution in [0.25, 0.3) is 0 Å². The SMILES string of the molecule is CCN(CC)C(=O)Nc1ccc(S(=O)(=O)NC2CCCC2)cc1. The van der Waals surface area contributed by atoms with E-state index in [9.17, 15) is 13.2 Å². The van der Waals surface area contributed by atoms with E-state index in [0.717, 1.165) is 25.7 Å². The Balaban J connectivity index is 2.02. The summed E-state index contributed by atoms with van der Waals surface area (Å²) in [4.78, 5) is 13.9. The first-order chi connectivity index (χ1) is 11.0. The molecule has 0 atom stereocenters. The zero-order valence-corrected chi connectivity index (χ0v) is 14.5. The first-order valence-electron chi connectivity index (χ1n) is 8.14. The van der Waals surface area contributed by atoms with Crippen LogP contribution in [0.1, 0.15) is 39.5 Å². The molecule has 1 fully saturated rings. The van der Waals surface area contributed by atoms with Gasteiger partial charge < -0.3 is 10.2 Å². The number of carbonyl (C=O) groups excluding carboxylic acids is 1. The molecule has 6 nitrogen and oxygen atoms in total. The average molecular weight is 339 g/mol. The van der Waals surface area contributed by atoms with Crippen molar-refractivity contribution in [2.75, 3.05) is 18.4 Å². The molecule has 0 bridgehead atoms. The molecule has 1 aromatic carbocycles. The van der Waals surface area contributed by atoms with E-state index in [-0.39, 0.29) is 17.0 Å². The molecule has 0 radical (unpaired) electrons. The van der Waals surface area contributed by atoms with Gasteiger partial charge in [-0.05, 0) is 51.0 Å². The number of anilines is 1. The number of hydrogen-bond acceptors (Lipinski definition) is 3. The number of benzene rings is 1. The maximum Gasteiger partial charge on any atom is 0.321 e. The Labute approximate surface area is 138 Å². The van der Waals surface area contributed by atoms with Crippen molar-refractivity contribution < 1.29 is 13.2 Å². The highest BCUT2D eigenvalue weighted by Gasteiger charge is 2.22. The van der Waals surface area contributed by atoms with Crippen LogP contribution in [0.2, 0.25) is 0 Å². The first kappa shape index (κ1) is 17.7. The number of rotatable bonds is 6. The highest BCUT2D eigenvalue weighted by molar-refractivity contribution is 7.89. The zero-order valence-electron chi connectivity index (χ0n) is 13.7. The van der Waals surface area contributed by atoms with Crippen molar-refractivity contribution in [3.8, 4) is 0 Å². The topological polar surface area (TPSA) is 78.5 Å². The molecule has 2 N–H and O–H groups in total. The second-order valence-electron chi connectivity index (χ2n) is 5.73. The summed E-state index contributed by atoms with van der Waals surface area (Å²) in [6, 6.07) is 6.14. The van der Waals surface area contributed by atoms with Gasteiger partial charge in [-0.2, -0.15) is 0 Å². The second kappa shape index (κ2) is 7.79. The number of amides is 2. The number of nitrogens with one attached hydrogen (secondary N) is 2. The Kier molecular flexibility index (Phi) is 6.01. The van der Waals surface area contributed by atoms with Crippen LogP contribution < -0.4 is 10.0 Å². The molecule has 0 aromatic heterocycles. The molecular formula is C16H25N3O3S. The molecule has 2 amide bonds. The molecule has 0 saturated heterocycles. The predicted molar refractivity (Wildman–Crippen MR) is 91.0 cm³/mol. The molecule has 7 heteroatoms. The summed E-state index contributed by atoms with van der Waals surface area (Å²) < 4.78 is 27.4. The normalized spacial score (nSPS) is 15.6. The van der Waals surface area contributed by atoms with Crippen LogP contribution >= 0.6 is 0 Å². The monoisotopic (exact) mass is 339 g/mol. The minimum Gasteiger partial charge on any atom is -0.325 e. The van der Waals surface area contributed by atoms with Gasteiger partial charge in [0.05, 0.1) is 4.90 Å². The maximum atomic E-state index is 12.3. The lowest BCUT2D eigenvalue weighted by atomic mass is 10.3. The van der Waals surface area contributed by atoms with Gasteiger partial charge in [-0.25, -0.2) is 17.9 Å². The summed E-state index contributed by atoms with van der Waals surface area (Å²) in [5.41, 5.74) is 0.585. The molecule has 0 unspecified atom stereocenters. The van der Waals surface area contributed by atoms with Crippen molar-refractivity contribution in [1.29, 1.82) is 0 Å². The number of nitrogens with zero attached hydrogens (tertiary/aromatic N) is 1. The summed E-state index contributed by atoms with van der Waals surface area (Å²) in [6.07, 6.45) is 3.95. The maximum absolute atomic E-state index is 12.3. The van der Waals surface area contributed by atoms with Crippen LogP contribution in [0.4, 0.5) is 10.5 Å².